The van der Waals surface area contributed by atoms with Crippen molar-refractivity contribution in [3.63, 3.8) is 0 Å². The summed E-state index contributed by atoms with van der Waals surface area (Å²) < 4.78 is 7.31. The van der Waals surface area contributed by atoms with Crippen molar-refractivity contribution < 1.29 is 4.74 Å². The third-order valence-corrected chi connectivity index (χ3v) is 3.05. The molecule has 0 aliphatic rings. The lowest BCUT2D eigenvalue weighted by Gasteiger charge is -2.04. The van der Waals surface area contributed by atoms with Gasteiger partial charge in [0.2, 0.25) is 0 Å². The summed E-state index contributed by atoms with van der Waals surface area (Å²) >= 11 is 0. The van der Waals surface area contributed by atoms with Crippen molar-refractivity contribution in [3.8, 4) is 17.0 Å². The number of hydrogen-bond acceptors (Lipinski definition) is 2. The number of imidazole rings is 1. The van der Waals surface area contributed by atoms with E-state index >= 15 is 0 Å². The van der Waals surface area contributed by atoms with Crippen molar-refractivity contribution in [3.05, 3.63) is 54.4 Å². The highest BCUT2D eigenvalue weighted by Gasteiger charge is 2.10. The maximum absolute atomic E-state index is 5.22. The number of ether oxygens (including phenoxy) is 1. The van der Waals surface area contributed by atoms with E-state index in [-0.39, 0.29) is 0 Å². The van der Waals surface area contributed by atoms with Crippen LogP contribution in [0.3, 0.4) is 0 Å². The SMILES string of the molecule is COc1ccn2c(-c3ccccc3)c(C)nc2c1. The first-order valence-corrected chi connectivity index (χ1v) is 5.88. The van der Waals surface area contributed by atoms with E-state index in [2.05, 4.69) is 21.5 Å². The number of benzene rings is 1. The fraction of sp³-hybridized carbons (Fsp3) is 0.133. The second-order valence-corrected chi connectivity index (χ2v) is 4.21. The van der Waals surface area contributed by atoms with Gasteiger partial charge in [-0.25, -0.2) is 4.98 Å². The minimum absolute atomic E-state index is 0.826. The number of aromatic nitrogens is 2. The number of fused-ring (bicyclic) bond motifs is 1. The first-order chi connectivity index (χ1) is 8.79. The lowest BCUT2D eigenvalue weighted by atomic mass is 10.1. The fourth-order valence-electron chi connectivity index (χ4n) is 2.21. The summed E-state index contributed by atoms with van der Waals surface area (Å²) in [5, 5.41) is 0. The van der Waals surface area contributed by atoms with Crippen LogP contribution in [0.25, 0.3) is 16.9 Å². The first kappa shape index (κ1) is 10.8. The van der Waals surface area contributed by atoms with Gasteiger partial charge in [-0.2, -0.15) is 0 Å². The van der Waals surface area contributed by atoms with Crippen LogP contribution in [0.15, 0.2) is 48.7 Å². The molecule has 1 aromatic carbocycles. The van der Waals surface area contributed by atoms with Crippen LogP contribution < -0.4 is 4.74 Å². The van der Waals surface area contributed by atoms with Gasteiger partial charge < -0.3 is 4.74 Å². The van der Waals surface area contributed by atoms with Crippen LogP contribution >= 0.6 is 0 Å². The highest BCUT2D eigenvalue weighted by atomic mass is 16.5. The third-order valence-electron chi connectivity index (χ3n) is 3.05. The highest BCUT2D eigenvalue weighted by Crippen LogP contribution is 2.26. The van der Waals surface area contributed by atoms with E-state index in [1.165, 1.54) is 5.56 Å². The third kappa shape index (κ3) is 1.64. The number of pyridine rings is 1. The van der Waals surface area contributed by atoms with E-state index in [9.17, 15) is 0 Å². The van der Waals surface area contributed by atoms with Gasteiger partial charge in [-0.05, 0) is 13.0 Å². The Morgan fingerprint density at radius 1 is 1.11 bits per heavy atom. The quantitative estimate of drug-likeness (QED) is 0.684. The Morgan fingerprint density at radius 3 is 2.61 bits per heavy atom. The van der Waals surface area contributed by atoms with Crippen LogP contribution in [0.5, 0.6) is 5.75 Å². The van der Waals surface area contributed by atoms with Crippen LogP contribution in [0, 0.1) is 6.92 Å². The van der Waals surface area contributed by atoms with Gasteiger partial charge in [0.25, 0.3) is 0 Å². The molecule has 3 aromatic rings. The van der Waals surface area contributed by atoms with Crippen molar-refractivity contribution in [2.75, 3.05) is 7.11 Å². The molecular weight excluding hydrogens is 224 g/mol. The fourth-order valence-corrected chi connectivity index (χ4v) is 2.21. The summed E-state index contributed by atoms with van der Waals surface area (Å²) in [4.78, 5) is 4.58. The zero-order valence-corrected chi connectivity index (χ0v) is 10.4. The molecule has 2 aromatic heterocycles. The molecule has 0 unspecified atom stereocenters. The Labute approximate surface area is 106 Å². The summed E-state index contributed by atoms with van der Waals surface area (Å²) in [6.45, 7) is 2.03. The molecule has 3 nitrogen and oxygen atoms in total. The van der Waals surface area contributed by atoms with E-state index in [1.54, 1.807) is 7.11 Å². The Kier molecular flexibility index (Phi) is 2.52. The van der Waals surface area contributed by atoms with E-state index in [0.29, 0.717) is 0 Å². The van der Waals surface area contributed by atoms with E-state index in [4.69, 9.17) is 4.74 Å². The molecule has 0 aliphatic heterocycles. The highest BCUT2D eigenvalue weighted by molar-refractivity contribution is 5.67. The van der Waals surface area contributed by atoms with Crippen molar-refractivity contribution in [2.24, 2.45) is 0 Å². The molecule has 90 valence electrons. The number of methoxy groups -OCH3 is 1. The average Bonchev–Trinajstić information content (AvgIpc) is 2.74. The zero-order valence-electron chi connectivity index (χ0n) is 10.4. The minimum Gasteiger partial charge on any atom is -0.497 e. The molecule has 0 amide bonds. The van der Waals surface area contributed by atoms with Gasteiger partial charge in [0.15, 0.2) is 0 Å². The van der Waals surface area contributed by atoms with Crippen LogP contribution in [0.2, 0.25) is 0 Å². The Balaban J connectivity index is 2.27. The van der Waals surface area contributed by atoms with Crippen molar-refractivity contribution in [2.45, 2.75) is 6.92 Å². The molecule has 0 saturated carbocycles. The topological polar surface area (TPSA) is 26.5 Å². The van der Waals surface area contributed by atoms with Gasteiger partial charge in [-0.3, -0.25) is 4.40 Å². The molecule has 0 saturated heterocycles. The van der Waals surface area contributed by atoms with Crippen LogP contribution in [-0.2, 0) is 0 Å². The molecule has 2 heterocycles. The van der Waals surface area contributed by atoms with E-state index < -0.39 is 0 Å². The second-order valence-electron chi connectivity index (χ2n) is 4.21. The average molecular weight is 238 g/mol. The maximum Gasteiger partial charge on any atom is 0.141 e. The molecular formula is C15H14N2O. The maximum atomic E-state index is 5.22. The summed E-state index contributed by atoms with van der Waals surface area (Å²) in [5.41, 5.74) is 4.24. The van der Waals surface area contributed by atoms with Gasteiger partial charge in [-0.15, -0.1) is 0 Å². The van der Waals surface area contributed by atoms with Gasteiger partial charge in [0.05, 0.1) is 18.5 Å². The Bertz CT molecular complexity index is 686. The van der Waals surface area contributed by atoms with Gasteiger partial charge in [0.1, 0.15) is 11.4 Å². The van der Waals surface area contributed by atoms with Gasteiger partial charge in [-0.1, -0.05) is 30.3 Å². The molecule has 3 rings (SSSR count). The Morgan fingerprint density at radius 2 is 1.89 bits per heavy atom. The molecule has 0 spiro atoms. The predicted octanol–water partition coefficient (Wildman–Crippen LogP) is 3.32. The lowest BCUT2D eigenvalue weighted by molar-refractivity contribution is 0.414. The molecule has 0 fully saturated rings. The van der Waals surface area contributed by atoms with Gasteiger partial charge in [0, 0.05) is 17.8 Å². The van der Waals surface area contributed by atoms with Crippen LogP contribution in [0.4, 0.5) is 0 Å². The molecule has 0 bridgehead atoms. The van der Waals surface area contributed by atoms with Crippen molar-refractivity contribution >= 4 is 5.65 Å². The summed E-state index contributed by atoms with van der Waals surface area (Å²) in [7, 11) is 1.67. The Hall–Kier alpha value is -2.29. The zero-order chi connectivity index (χ0) is 12.5. The summed E-state index contributed by atoms with van der Waals surface area (Å²) in [5.74, 6) is 0.826. The second kappa shape index (κ2) is 4.18. The largest absolute Gasteiger partial charge is 0.497 e. The minimum atomic E-state index is 0.826. The van der Waals surface area contributed by atoms with E-state index in [0.717, 1.165) is 22.8 Å². The molecule has 0 N–H and O–H groups in total. The lowest BCUT2D eigenvalue weighted by Crippen LogP contribution is -1.90. The smallest absolute Gasteiger partial charge is 0.141 e. The van der Waals surface area contributed by atoms with Crippen LogP contribution in [0.1, 0.15) is 5.69 Å². The molecule has 18 heavy (non-hydrogen) atoms. The van der Waals surface area contributed by atoms with Crippen molar-refractivity contribution in [1.82, 2.24) is 9.38 Å². The molecule has 0 aliphatic carbocycles. The monoisotopic (exact) mass is 238 g/mol. The number of aryl methyl sites for hydroxylation is 1. The first-order valence-electron chi connectivity index (χ1n) is 5.88. The normalized spacial score (nSPS) is 10.8. The summed E-state index contributed by atoms with van der Waals surface area (Å²) in [6.07, 6.45) is 2.00. The van der Waals surface area contributed by atoms with Gasteiger partial charge >= 0.3 is 0 Å². The number of nitrogens with zero attached hydrogens (tertiary/aromatic N) is 2. The number of hydrogen-bond donors (Lipinski definition) is 0. The molecule has 0 radical (unpaired) electrons. The molecule has 0 atom stereocenters. The van der Waals surface area contributed by atoms with Crippen LogP contribution in [-0.4, -0.2) is 16.5 Å². The standard InChI is InChI=1S/C15H14N2O/c1-11-15(12-6-4-3-5-7-12)17-9-8-13(18-2)10-14(17)16-11/h3-10H,1-2H3. The predicted molar refractivity (Wildman–Crippen MR) is 71.9 cm³/mol. The van der Waals surface area contributed by atoms with Crippen molar-refractivity contribution in [1.29, 1.82) is 0 Å². The summed E-state index contributed by atoms with van der Waals surface area (Å²) in [6, 6.07) is 14.2. The molecule has 3 heteroatoms. The van der Waals surface area contributed by atoms with E-state index in [1.807, 2.05) is 43.5 Å². The number of rotatable bonds is 2.